The Balaban J connectivity index is 1.94. The first-order valence-electron chi connectivity index (χ1n) is 6.25. The second kappa shape index (κ2) is 7.33. The summed E-state index contributed by atoms with van der Waals surface area (Å²) in [6.07, 6.45) is 0. The van der Waals surface area contributed by atoms with E-state index in [1.54, 1.807) is 12.3 Å². The molecule has 0 bridgehead atoms. The lowest BCUT2D eigenvalue weighted by Crippen LogP contribution is -2.23. The quantitative estimate of drug-likeness (QED) is 0.823. The largest absolute Gasteiger partial charge is 0.461 e. The summed E-state index contributed by atoms with van der Waals surface area (Å²) < 4.78 is 5.82. The van der Waals surface area contributed by atoms with E-state index in [1.165, 1.54) is 0 Å². The molecule has 0 spiro atoms. The van der Waals surface area contributed by atoms with E-state index in [9.17, 15) is 9.59 Å². The molecular formula is C14H13BrN2O3S. The molecule has 1 aromatic heterocycles. The number of carbonyl (C=O) groups excluding carboxylic acids is 2. The van der Waals surface area contributed by atoms with E-state index in [0.29, 0.717) is 6.54 Å². The zero-order valence-electron chi connectivity index (χ0n) is 11.3. The third kappa shape index (κ3) is 4.37. The molecule has 1 heterocycles. The molecule has 0 atom stereocenters. The number of hydrogen-bond acceptors (Lipinski definition) is 5. The van der Waals surface area contributed by atoms with Crippen LogP contribution in [-0.2, 0) is 11.3 Å². The number of esters is 1. The zero-order chi connectivity index (χ0) is 15.2. The third-order valence-corrected chi connectivity index (χ3v) is 3.90. The van der Waals surface area contributed by atoms with Crippen LogP contribution in [0.25, 0.3) is 0 Å². The van der Waals surface area contributed by atoms with Crippen LogP contribution in [0.5, 0.6) is 0 Å². The number of nitrogens with one attached hydrogen (secondary N) is 1. The second-order valence-corrected chi connectivity index (χ2v) is 5.84. The number of ether oxygens (including phenoxy) is 1. The summed E-state index contributed by atoms with van der Waals surface area (Å²) in [6, 6.07) is 7.64. The van der Waals surface area contributed by atoms with Crippen molar-refractivity contribution in [2.45, 2.75) is 13.5 Å². The van der Waals surface area contributed by atoms with Crippen molar-refractivity contribution in [1.82, 2.24) is 10.3 Å². The lowest BCUT2D eigenvalue weighted by molar-refractivity contribution is 0.0526. The normalized spacial score (nSPS) is 10.2. The van der Waals surface area contributed by atoms with Crippen LogP contribution in [0.15, 0.2) is 34.1 Å². The minimum Gasteiger partial charge on any atom is -0.461 e. The van der Waals surface area contributed by atoms with Crippen LogP contribution in [-0.4, -0.2) is 23.5 Å². The Labute approximate surface area is 134 Å². The molecule has 1 aromatic carbocycles. The van der Waals surface area contributed by atoms with Gasteiger partial charge < -0.3 is 10.1 Å². The number of halogens is 1. The summed E-state index contributed by atoms with van der Waals surface area (Å²) in [5, 5.41) is 4.49. The monoisotopic (exact) mass is 368 g/mol. The van der Waals surface area contributed by atoms with Crippen molar-refractivity contribution in [3.05, 3.63) is 50.4 Å². The molecule has 0 saturated heterocycles. The molecule has 0 fully saturated rings. The van der Waals surface area contributed by atoms with Gasteiger partial charge in [-0.05, 0) is 24.6 Å². The van der Waals surface area contributed by atoms with Crippen molar-refractivity contribution in [2.24, 2.45) is 0 Å². The van der Waals surface area contributed by atoms with Crippen LogP contribution in [0, 0.1) is 0 Å². The Morgan fingerprint density at radius 2 is 2.05 bits per heavy atom. The number of amides is 1. The zero-order valence-corrected chi connectivity index (χ0v) is 13.7. The van der Waals surface area contributed by atoms with E-state index < -0.39 is 5.97 Å². The first-order valence-corrected chi connectivity index (χ1v) is 7.92. The molecule has 0 aliphatic rings. The lowest BCUT2D eigenvalue weighted by atomic mass is 10.2. The standard InChI is InChI=1S/C14H13BrN2O3S/c1-2-20-14(19)13-17-11(8-21-13)12(18)16-7-9-3-5-10(15)6-4-9/h3-6,8H,2,7H2,1H3,(H,16,18). The maximum Gasteiger partial charge on any atom is 0.367 e. The predicted molar refractivity (Wildman–Crippen MR) is 83.4 cm³/mol. The summed E-state index contributed by atoms with van der Waals surface area (Å²) >= 11 is 4.45. The van der Waals surface area contributed by atoms with Crippen LogP contribution in [0.1, 0.15) is 32.8 Å². The molecule has 0 saturated carbocycles. The van der Waals surface area contributed by atoms with Gasteiger partial charge in [-0.25, -0.2) is 9.78 Å². The highest BCUT2D eigenvalue weighted by atomic mass is 79.9. The summed E-state index contributed by atoms with van der Waals surface area (Å²) in [6.45, 7) is 2.40. The van der Waals surface area contributed by atoms with Gasteiger partial charge in [0.2, 0.25) is 5.01 Å². The number of carbonyl (C=O) groups is 2. The molecule has 0 aliphatic heterocycles. The number of thiazole rings is 1. The second-order valence-electron chi connectivity index (χ2n) is 4.07. The third-order valence-electron chi connectivity index (χ3n) is 2.55. The van der Waals surface area contributed by atoms with Crippen molar-refractivity contribution < 1.29 is 14.3 Å². The Kier molecular flexibility index (Phi) is 5.46. The lowest BCUT2D eigenvalue weighted by Gasteiger charge is -2.03. The van der Waals surface area contributed by atoms with Crippen LogP contribution in [0.3, 0.4) is 0 Å². The first-order chi connectivity index (χ1) is 10.1. The first kappa shape index (κ1) is 15.7. The summed E-state index contributed by atoms with van der Waals surface area (Å²) in [5.41, 5.74) is 1.20. The minimum atomic E-state index is -0.505. The number of aromatic nitrogens is 1. The molecule has 1 amide bonds. The van der Waals surface area contributed by atoms with Crippen molar-refractivity contribution >= 4 is 39.1 Å². The van der Waals surface area contributed by atoms with Crippen LogP contribution in [0.4, 0.5) is 0 Å². The van der Waals surface area contributed by atoms with Crippen LogP contribution < -0.4 is 5.32 Å². The Hall–Kier alpha value is -1.73. The molecule has 21 heavy (non-hydrogen) atoms. The van der Waals surface area contributed by atoms with Gasteiger partial charge in [0.25, 0.3) is 5.91 Å². The molecule has 0 aliphatic carbocycles. The molecule has 1 N–H and O–H groups in total. The molecule has 0 radical (unpaired) electrons. The fourth-order valence-electron chi connectivity index (χ4n) is 1.54. The highest BCUT2D eigenvalue weighted by Crippen LogP contribution is 2.12. The van der Waals surface area contributed by atoms with E-state index in [-0.39, 0.29) is 23.2 Å². The Morgan fingerprint density at radius 1 is 1.33 bits per heavy atom. The van der Waals surface area contributed by atoms with Gasteiger partial charge in [-0.1, -0.05) is 28.1 Å². The van der Waals surface area contributed by atoms with Gasteiger partial charge in [0.1, 0.15) is 5.69 Å². The fourth-order valence-corrected chi connectivity index (χ4v) is 2.49. The van der Waals surface area contributed by atoms with Crippen molar-refractivity contribution in [1.29, 1.82) is 0 Å². The van der Waals surface area contributed by atoms with E-state index in [2.05, 4.69) is 26.2 Å². The maximum atomic E-state index is 12.0. The van der Waals surface area contributed by atoms with E-state index >= 15 is 0 Å². The van der Waals surface area contributed by atoms with Gasteiger partial charge in [-0.2, -0.15) is 0 Å². The maximum absolute atomic E-state index is 12.0. The molecule has 7 heteroatoms. The van der Waals surface area contributed by atoms with Gasteiger partial charge in [0.15, 0.2) is 0 Å². The minimum absolute atomic E-state index is 0.186. The van der Waals surface area contributed by atoms with Crippen LogP contribution >= 0.6 is 27.3 Å². The van der Waals surface area contributed by atoms with E-state index in [1.807, 2.05) is 24.3 Å². The summed E-state index contributed by atoms with van der Waals surface area (Å²) in [4.78, 5) is 27.4. The van der Waals surface area contributed by atoms with Gasteiger partial charge in [-0.15, -0.1) is 11.3 Å². The van der Waals surface area contributed by atoms with Crippen LogP contribution in [0.2, 0.25) is 0 Å². The SMILES string of the molecule is CCOC(=O)c1nc(C(=O)NCc2ccc(Br)cc2)cs1. The molecule has 0 unspecified atom stereocenters. The van der Waals surface area contributed by atoms with Crippen molar-refractivity contribution in [3.63, 3.8) is 0 Å². The molecule has 5 nitrogen and oxygen atoms in total. The van der Waals surface area contributed by atoms with Gasteiger partial charge >= 0.3 is 5.97 Å². The topological polar surface area (TPSA) is 68.3 Å². The van der Waals surface area contributed by atoms with E-state index in [4.69, 9.17) is 4.74 Å². The number of hydrogen-bond donors (Lipinski definition) is 1. The average Bonchev–Trinajstić information content (AvgIpc) is 2.96. The highest BCUT2D eigenvalue weighted by molar-refractivity contribution is 9.10. The van der Waals surface area contributed by atoms with E-state index in [0.717, 1.165) is 21.4 Å². The smallest absolute Gasteiger partial charge is 0.367 e. The van der Waals surface area contributed by atoms with Crippen molar-refractivity contribution in [2.75, 3.05) is 6.61 Å². The van der Waals surface area contributed by atoms with Gasteiger partial charge in [-0.3, -0.25) is 4.79 Å². The highest BCUT2D eigenvalue weighted by Gasteiger charge is 2.16. The molecule has 110 valence electrons. The van der Waals surface area contributed by atoms with Gasteiger partial charge in [0.05, 0.1) is 6.61 Å². The average molecular weight is 369 g/mol. The Morgan fingerprint density at radius 3 is 2.71 bits per heavy atom. The molecular weight excluding hydrogens is 356 g/mol. The molecule has 2 aromatic rings. The number of benzene rings is 1. The van der Waals surface area contributed by atoms with Gasteiger partial charge in [0, 0.05) is 16.4 Å². The number of rotatable bonds is 5. The summed E-state index contributed by atoms with van der Waals surface area (Å²) in [5.74, 6) is -0.820. The Bertz CT molecular complexity index is 640. The molecule has 2 rings (SSSR count). The number of nitrogens with zero attached hydrogens (tertiary/aromatic N) is 1. The fraction of sp³-hybridized carbons (Fsp3) is 0.214. The summed E-state index contributed by atoms with van der Waals surface area (Å²) in [7, 11) is 0. The predicted octanol–water partition coefficient (Wildman–Crippen LogP) is 3.01. The van der Waals surface area contributed by atoms with Crippen molar-refractivity contribution in [3.8, 4) is 0 Å².